The van der Waals surface area contributed by atoms with Crippen molar-refractivity contribution < 1.29 is 4.79 Å². The molecule has 2 heterocycles. The fourth-order valence-corrected chi connectivity index (χ4v) is 2.20. The van der Waals surface area contributed by atoms with Gasteiger partial charge >= 0.3 is 0 Å². The first-order valence-corrected chi connectivity index (χ1v) is 5.32. The number of carbonyl (C=O) groups is 1. The van der Waals surface area contributed by atoms with Gasteiger partial charge in [-0.3, -0.25) is 9.89 Å². The van der Waals surface area contributed by atoms with Gasteiger partial charge < -0.3 is 10.6 Å². The zero-order valence-electron chi connectivity index (χ0n) is 8.42. The molecule has 1 aliphatic carbocycles. The zero-order valence-corrected chi connectivity index (χ0v) is 8.42. The Balaban J connectivity index is 1.61. The maximum atomic E-state index is 11.8. The molecular weight excluding hydrogens is 192 g/mol. The van der Waals surface area contributed by atoms with E-state index in [0.717, 1.165) is 13.0 Å². The van der Waals surface area contributed by atoms with Gasteiger partial charge in [0.15, 0.2) is 5.82 Å². The molecule has 1 saturated carbocycles. The van der Waals surface area contributed by atoms with Gasteiger partial charge in [0.1, 0.15) is 0 Å². The van der Waals surface area contributed by atoms with E-state index in [4.69, 9.17) is 0 Å². The predicted octanol–water partition coefficient (Wildman–Crippen LogP) is 0.490. The molecule has 1 aromatic rings. The van der Waals surface area contributed by atoms with Crippen LogP contribution in [0.1, 0.15) is 19.3 Å². The lowest BCUT2D eigenvalue weighted by Gasteiger charge is -2.09. The Labute approximate surface area is 87.6 Å². The molecule has 5 nitrogen and oxygen atoms in total. The second-order valence-corrected chi connectivity index (χ2v) is 4.59. The van der Waals surface area contributed by atoms with Gasteiger partial charge in [-0.1, -0.05) is 0 Å². The highest BCUT2D eigenvalue weighted by Gasteiger charge is 2.49. The number of H-pyrrole nitrogens is 1. The summed E-state index contributed by atoms with van der Waals surface area (Å²) in [6.07, 6.45) is 5.21. The molecule has 3 rings (SSSR count). The first-order valence-electron chi connectivity index (χ1n) is 5.32. The lowest BCUT2D eigenvalue weighted by atomic mass is 10.0. The van der Waals surface area contributed by atoms with Gasteiger partial charge in [0.05, 0.1) is 6.04 Å². The molecule has 0 bridgehead atoms. The summed E-state index contributed by atoms with van der Waals surface area (Å²) in [6.45, 7) is 0.992. The summed E-state index contributed by atoms with van der Waals surface area (Å²) in [6, 6.07) is 1.71. The van der Waals surface area contributed by atoms with Gasteiger partial charge in [0, 0.05) is 18.8 Å². The van der Waals surface area contributed by atoms with Crippen LogP contribution in [0.4, 0.5) is 5.82 Å². The summed E-state index contributed by atoms with van der Waals surface area (Å²) in [7, 11) is 0. The van der Waals surface area contributed by atoms with E-state index in [1.165, 1.54) is 12.8 Å². The van der Waals surface area contributed by atoms with E-state index in [2.05, 4.69) is 20.8 Å². The van der Waals surface area contributed by atoms with Crippen molar-refractivity contribution in [3.63, 3.8) is 0 Å². The molecule has 1 aromatic heterocycles. The number of aromatic amines is 1. The largest absolute Gasteiger partial charge is 0.308 e. The molecule has 5 heteroatoms. The van der Waals surface area contributed by atoms with Crippen molar-refractivity contribution in [2.75, 3.05) is 11.9 Å². The highest BCUT2D eigenvalue weighted by atomic mass is 16.2. The quantitative estimate of drug-likeness (QED) is 0.659. The van der Waals surface area contributed by atoms with Crippen molar-refractivity contribution in [2.24, 2.45) is 5.41 Å². The van der Waals surface area contributed by atoms with Gasteiger partial charge in [-0.15, -0.1) is 0 Å². The number of hydrogen-bond acceptors (Lipinski definition) is 3. The van der Waals surface area contributed by atoms with E-state index in [9.17, 15) is 4.79 Å². The SMILES string of the molecule is O=C(Nc1cc[nH]n1)[C@@H]1CC2(CC2)CN1. The van der Waals surface area contributed by atoms with Gasteiger partial charge in [-0.25, -0.2) is 0 Å². The summed E-state index contributed by atoms with van der Waals surface area (Å²) >= 11 is 0. The smallest absolute Gasteiger partial charge is 0.242 e. The average molecular weight is 206 g/mol. The van der Waals surface area contributed by atoms with E-state index >= 15 is 0 Å². The molecule has 0 unspecified atom stereocenters. The van der Waals surface area contributed by atoms with Gasteiger partial charge in [0.2, 0.25) is 5.91 Å². The zero-order chi connectivity index (χ0) is 10.3. The highest BCUT2D eigenvalue weighted by Crippen LogP contribution is 2.51. The van der Waals surface area contributed by atoms with Crippen molar-refractivity contribution in [2.45, 2.75) is 25.3 Å². The average Bonchev–Trinajstić information content (AvgIpc) is 2.66. The molecule has 1 atom stereocenters. The molecule has 2 fully saturated rings. The maximum absolute atomic E-state index is 11.8. The number of nitrogens with zero attached hydrogens (tertiary/aromatic N) is 1. The summed E-state index contributed by atoms with van der Waals surface area (Å²) in [5.41, 5.74) is 0.452. The molecule has 15 heavy (non-hydrogen) atoms. The minimum Gasteiger partial charge on any atom is -0.308 e. The minimum atomic E-state index is -0.0378. The first-order chi connectivity index (χ1) is 7.27. The molecular formula is C10H14N4O. The summed E-state index contributed by atoms with van der Waals surface area (Å²) in [4.78, 5) is 11.8. The Morgan fingerprint density at radius 3 is 3.07 bits per heavy atom. The van der Waals surface area contributed by atoms with Crippen LogP contribution in [0.3, 0.4) is 0 Å². The van der Waals surface area contributed by atoms with Crippen molar-refractivity contribution in [3.05, 3.63) is 12.3 Å². The molecule has 3 N–H and O–H groups in total. The normalized spacial score (nSPS) is 26.8. The number of amides is 1. The molecule has 0 radical (unpaired) electrons. The van der Waals surface area contributed by atoms with E-state index in [-0.39, 0.29) is 11.9 Å². The predicted molar refractivity (Wildman–Crippen MR) is 55.3 cm³/mol. The van der Waals surface area contributed by atoms with Crippen LogP contribution in [-0.2, 0) is 4.79 Å². The molecule has 1 saturated heterocycles. The summed E-state index contributed by atoms with van der Waals surface area (Å²) in [5.74, 6) is 0.629. The number of hydrogen-bond donors (Lipinski definition) is 3. The third kappa shape index (κ3) is 1.63. The van der Waals surface area contributed by atoms with E-state index in [1.54, 1.807) is 12.3 Å². The first kappa shape index (κ1) is 8.91. The monoisotopic (exact) mass is 206 g/mol. The number of rotatable bonds is 2. The van der Waals surface area contributed by atoms with Crippen LogP contribution < -0.4 is 10.6 Å². The number of nitrogens with one attached hydrogen (secondary N) is 3. The van der Waals surface area contributed by atoms with Crippen molar-refractivity contribution in [1.82, 2.24) is 15.5 Å². The van der Waals surface area contributed by atoms with Crippen LogP contribution in [0.25, 0.3) is 0 Å². The van der Waals surface area contributed by atoms with Crippen LogP contribution in [0.2, 0.25) is 0 Å². The molecule has 1 aliphatic heterocycles. The van der Waals surface area contributed by atoms with Crippen LogP contribution in [-0.4, -0.2) is 28.7 Å². The second kappa shape index (κ2) is 3.06. The lowest BCUT2D eigenvalue weighted by Crippen LogP contribution is -2.35. The summed E-state index contributed by atoms with van der Waals surface area (Å²) in [5, 5.41) is 12.6. The molecule has 0 aromatic carbocycles. The topological polar surface area (TPSA) is 69.8 Å². The molecule has 80 valence electrons. The van der Waals surface area contributed by atoms with Crippen molar-refractivity contribution in [1.29, 1.82) is 0 Å². The van der Waals surface area contributed by atoms with Gasteiger partial charge in [-0.05, 0) is 24.7 Å². The molecule has 2 aliphatic rings. The Morgan fingerprint density at radius 1 is 1.60 bits per heavy atom. The molecule has 1 spiro atoms. The van der Waals surface area contributed by atoms with Gasteiger partial charge in [0.25, 0.3) is 0 Å². The fourth-order valence-electron chi connectivity index (χ4n) is 2.20. The lowest BCUT2D eigenvalue weighted by molar-refractivity contribution is -0.117. The van der Waals surface area contributed by atoms with E-state index in [1.807, 2.05) is 0 Å². The number of carbonyl (C=O) groups excluding carboxylic acids is 1. The Morgan fingerprint density at radius 2 is 2.47 bits per heavy atom. The Bertz CT molecular complexity index is 369. The van der Waals surface area contributed by atoms with E-state index < -0.39 is 0 Å². The van der Waals surface area contributed by atoms with Crippen LogP contribution in [0, 0.1) is 5.41 Å². The van der Waals surface area contributed by atoms with Crippen LogP contribution in [0.15, 0.2) is 12.3 Å². The van der Waals surface area contributed by atoms with Crippen LogP contribution in [0.5, 0.6) is 0 Å². The second-order valence-electron chi connectivity index (χ2n) is 4.59. The van der Waals surface area contributed by atoms with Crippen LogP contribution >= 0.6 is 0 Å². The standard InChI is InChI=1S/C10H14N4O/c15-9(13-8-1-4-12-14-8)7-5-10(2-3-10)6-11-7/h1,4,7,11H,2-3,5-6H2,(H2,12,13,14,15)/t7-/m0/s1. The van der Waals surface area contributed by atoms with Crippen molar-refractivity contribution in [3.8, 4) is 0 Å². The van der Waals surface area contributed by atoms with Crippen molar-refractivity contribution >= 4 is 11.7 Å². The minimum absolute atomic E-state index is 0.0332. The Kier molecular flexibility index (Phi) is 1.82. The third-order valence-corrected chi connectivity index (χ3v) is 3.39. The number of aromatic nitrogens is 2. The fraction of sp³-hybridized carbons (Fsp3) is 0.600. The van der Waals surface area contributed by atoms with Gasteiger partial charge in [-0.2, -0.15) is 5.10 Å². The third-order valence-electron chi connectivity index (χ3n) is 3.39. The van der Waals surface area contributed by atoms with E-state index in [0.29, 0.717) is 11.2 Å². The Hall–Kier alpha value is -1.36. The number of anilines is 1. The highest BCUT2D eigenvalue weighted by molar-refractivity contribution is 5.94. The summed E-state index contributed by atoms with van der Waals surface area (Å²) < 4.78 is 0. The molecule has 1 amide bonds. The maximum Gasteiger partial charge on any atom is 0.242 e.